The first-order valence-electron chi connectivity index (χ1n) is 4.41. The van der Waals surface area contributed by atoms with Crippen molar-refractivity contribution in [3.05, 3.63) is 0 Å². The van der Waals surface area contributed by atoms with Crippen molar-refractivity contribution >= 4 is 17.8 Å². The van der Waals surface area contributed by atoms with Gasteiger partial charge in [-0.1, -0.05) is 19.8 Å². The van der Waals surface area contributed by atoms with Crippen LogP contribution in [0.25, 0.3) is 0 Å². The quantitative estimate of drug-likeness (QED) is 0.467. The van der Waals surface area contributed by atoms with Crippen molar-refractivity contribution in [3.63, 3.8) is 0 Å². The van der Waals surface area contributed by atoms with E-state index >= 15 is 0 Å². The molecule has 0 aliphatic carbocycles. The maximum Gasteiger partial charge on any atom is 0.316 e. The second-order valence-corrected chi connectivity index (χ2v) is 2.85. The minimum atomic E-state index is -0.630. The molecule has 72 valence electrons. The van der Waals surface area contributed by atoms with Crippen LogP contribution in [-0.2, 0) is 9.59 Å². The van der Waals surface area contributed by atoms with Gasteiger partial charge in [0.05, 0.1) is 0 Å². The van der Waals surface area contributed by atoms with Crippen LogP contribution in [0.3, 0.4) is 0 Å². The molecule has 1 saturated heterocycles. The van der Waals surface area contributed by atoms with Crippen LogP contribution in [0.1, 0.15) is 26.2 Å². The molecule has 5 nitrogen and oxygen atoms in total. The van der Waals surface area contributed by atoms with E-state index in [9.17, 15) is 9.59 Å². The molecule has 13 heavy (non-hydrogen) atoms. The van der Waals surface area contributed by atoms with E-state index < -0.39 is 11.8 Å². The highest BCUT2D eigenvalue weighted by Crippen LogP contribution is 1.94. The predicted molar refractivity (Wildman–Crippen MR) is 48.1 cm³/mol. The molecule has 0 saturated carbocycles. The normalized spacial score (nSPS) is 15.6. The molecular weight excluding hydrogens is 170 g/mol. The van der Waals surface area contributed by atoms with Crippen LogP contribution < -0.4 is 10.6 Å². The second kappa shape index (κ2) is 4.59. The number of carbonyl (C=O) groups excluding carboxylic acids is 2. The van der Waals surface area contributed by atoms with Gasteiger partial charge in [0.25, 0.3) is 0 Å². The zero-order chi connectivity index (χ0) is 9.68. The summed E-state index contributed by atoms with van der Waals surface area (Å²) >= 11 is 0. The van der Waals surface area contributed by atoms with Crippen LogP contribution in [-0.4, -0.2) is 24.3 Å². The number of hydrogen-bond acceptors (Lipinski definition) is 3. The molecule has 1 aliphatic rings. The average molecular weight is 183 g/mol. The van der Waals surface area contributed by atoms with Crippen molar-refractivity contribution in [2.45, 2.75) is 26.2 Å². The van der Waals surface area contributed by atoms with E-state index in [0.717, 1.165) is 19.3 Å². The minimum Gasteiger partial charge on any atom is -0.288 e. The fraction of sp³-hybridized carbons (Fsp3) is 0.625. The van der Waals surface area contributed by atoms with Crippen molar-refractivity contribution in [2.75, 3.05) is 6.54 Å². The number of amides is 2. The van der Waals surface area contributed by atoms with E-state index in [1.807, 2.05) is 0 Å². The largest absolute Gasteiger partial charge is 0.316 e. The van der Waals surface area contributed by atoms with Crippen LogP contribution in [0.2, 0.25) is 0 Å². The Kier molecular flexibility index (Phi) is 3.42. The molecule has 0 radical (unpaired) electrons. The monoisotopic (exact) mass is 183 g/mol. The Balaban J connectivity index is 2.29. The molecule has 2 N–H and O–H groups in total. The van der Waals surface area contributed by atoms with E-state index in [1.165, 1.54) is 0 Å². The molecule has 0 spiro atoms. The SMILES string of the molecule is CCCCCN=C1NC(=O)C(=O)N1. The maximum absolute atomic E-state index is 10.7. The third-order valence-corrected chi connectivity index (χ3v) is 1.70. The number of unbranched alkanes of at least 4 members (excludes halogenated alkanes) is 2. The van der Waals surface area contributed by atoms with Gasteiger partial charge in [0.15, 0.2) is 0 Å². The lowest BCUT2D eigenvalue weighted by Gasteiger charge is -1.95. The molecule has 2 amide bonds. The standard InChI is InChI=1S/C8H13N3O2/c1-2-3-4-5-9-8-10-6(12)7(13)11-8/h2-5H2,1H3,(H2,9,10,11,12,13). The summed E-state index contributed by atoms with van der Waals surface area (Å²) in [5, 5.41) is 4.66. The summed E-state index contributed by atoms with van der Waals surface area (Å²) in [5.41, 5.74) is 0. The number of aliphatic imine (C=N–C) groups is 1. The van der Waals surface area contributed by atoms with E-state index in [2.05, 4.69) is 22.5 Å². The van der Waals surface area contributed by atoms with Gasteiger partial charge in [-0.3, -0.25) is 25.2 Å². The molecule has 5 heteroatoms. The van der Waals surface area contributed by atoms with E-state index in [4.69, 9.17) is 0 Å². The number of guanidine groups is 1. The molecule has 1 heterocycles. The first-order valence-corrected chi connectivity index (χ1v) is 4.41. The molecular formula is C8H13N3O2. The fourth-order valence-electron chi connectivity index (χ4n) is 0.992. The van der Waals surface area contributed by atoms with Gasteiger partial charge < -0.3 is 0 Å². The summed E-state index contributed by atoms with van der Waals surface area (Å²) in [6.07, 6.45) is 3.22. The third kappa shape index (κ3) is 2.85. The van der Waals surface area contributed by atoms with Crippen molar-refractivity contribution < 1.29 is 9.59 Å². The summed E-state index contributed by atoms with van der Waals surface area (Å²) in [6.45, 7) is 2.75. The topological polar surface area (TPSA) is 70.6 Å². The first-order chi connectivity index (χ1) is 6.24. The number of rotatable bonds is 4. The zero-order valence-electron chi connectivity index (χ0n) is 7.59. The molecule has 1 rings (SSSR count). The zero-order valence-corrected chi connectivity index (χ0v) is 7.59. The summed E-state index contributed by atoms with van der Waals surface area (Å²) < 4.78 is 0. The Morgan fingerprint density at radius 1 is 1.15 bits per heavy atom. The second-order valence-electron chi connectivity index (χ2n) is 2.85. The summed E-state index contributed by atoms with van der Waals surface area (Å²) in [7, 11) is 0. The summed E-state index contributed by atoms with van der Waals surface area (Å²) in [4.78, 5) is 25.4. The molecule has 0 aromatic heterocycles. The Morgan fingerprint density at radius 3 is 2.31 bits per heavy atom. The van der Waals surface area contributed by atoms with Crippen LogP contribution in [0.5, 0.6) is 0 Å². The van der Waals surface area contributed by atoms with E-state index in [0.29, 0.717) is 6.54 Å². The third-order valence-electron chi connectivity index (χ3n) is 1.70. The number of nitrogens with zero attached hydrogens (tertiary/aromatic N) is 1. The highest BCUT2D eigenvalue weighted by Gasteiger charge is 2.24. The summed E-state index contributed by atoms with van der Waals surface area (Å²) in [6, 6.07) is 0. The van der Waals surface area contributed by atoms with Gasteiger partial charge in [0.2, 0.25) is 5.96 Å². The van der Waals surface area contributed by atoms with Gasteiger partial charge in [0, 0.05) is 6.54 Å². The van der Waals surface area contributed by atoms with Gasteiger partial charge in [-0.2, -0.15) is 0 Å². The predicted octanol–water partition coefficient (Wildman–Crippen LogP) is -0.221. The average Bonchev–Trinajstić information content (AvgIpc) is 2.41. The molecule has 0 bridgehead atoms. The molecule has 0 aromatic carbocycles. The van der Waals surface area contributed by atoms with Crippen LogP contribution in [0.4, 0.5) is 0 Å². The molecule has 0 aromatic rings. The molecule has 1 aliphatic heterocycles. The van der Waals surface area contributed by atoms with Gasteiger partial charge in [-0.05, 0) is 6.42 Å². The van der Waals surface area contributed by atoms with E-state index in [-0.39, 0.29) is 5.96 Å². The van der Waals surface area contributed by atoms with Crippen molar-refractivity contribution in [3.8, 4) is 0 Å². The Morgan fingerprint density at radius 2 is 1.77 bits per heavy atom. The molecule has 1 fully saturated rings. The lowest BCUT2D eigenvalue weighted by molar-refractivity contribution is -0.135. The minimum absolute atomic E-state index is 0.283. The first kappa shape index (κ1) is 9.70. The Bertz CT molecular complexity index is 230. The van der Waals surface area contributed by atoms with Crippen molar-refractivity contribution in [1.82, 2.24) is 10.6 Å². The molecule has 0 unspecified atom stereocenters. The summed E-state index contributed by atoms with van der Waals surface area (Å²) in [5.74, 6) is -0.977. The van der Waals surface area contributed by atoms with Gasteiger partial charge in [-0.15, -0.1) is 0 Å². The lowest BCUT2D eigenvalue weighted by atomic mass is 10.2. The van der Waals surface area contributed by atoms with Crippen LogP contribution in [0.15, 0.2) is 4.99 Å². The lowest BCUT2D eigenvalue weighted by Crippen LogP contribution is -2.25. The van der Waals surface area contributed by atoms with Gasteiger partial charge in [0.1, 0.15) is 0 Å². The van der Waals surface area contributed by atoms with Gasteiger partial charge in [-0.25, -0.2) is 0 Å². The fourth-order valence-corrected chi connectivity index (χ4v) is 0.992. The molecule has 0 atom stereocenters. The number of hydrogen-bond donors (Lipinski definition) is 2. The smallest absolute Gasteiger partial charge is 0.288 e. The Hall–Kier alpha value is -1.39. The van der Waals surface area contributed by atoms with Crippen LogP contribution in [0, 0.1) is 0 Å². The van der Waals surface area contributed by atoms with Crippen molar-refractivity contribution in [1.29, 1.82) is 0 Å². The highest BCUT2D eigenvalue weighted by atomic mass is 16.2. The van der Waals surface area contributed by atoms with E-state index in [1.54, 1.807) is 0 Å². The number of carbonyl (C=O) groups is 2. The number of nitrogens with one attached hydrogen (secondary N) is 2. The Labute approximate surface area is 76.6 Å². The van der Waals surface area contributed by atoms with Crippen molar-refractivity contribution in [2.24, 2.45) is 4.99 Å². The maximum atomic E-state index is 10.7. The van der Waals surface area contributed by atoms with Crippen LogP contribution >= 0.6 is 0 Å². The highest BCUT2D eigenvalue weighted by molar-refractivity contribution is 6.45. The van der Waals surface area contributed by atoms with Gasteiger partial charge >= 0.3 is 11.8 Å².